The number of anilines is 1. The van der Waals surface area contributed by atoms with Crippen LogP contribution in [0.5, 0.6) is 11.8 Å². The molecule has 4 saturated heterocycles. The number of hydrogen-bond acceptors (Lipinski definition) is 9. The number of nitrogens with one attached hydrogen (secondary N) is 2. The van der Waals surface area contributed by atoms with Gasteiger partial charge in [0, 0.05) is 36.7 Å². The van der Waals surface area contributed by atoms with Crippen LogP contribution >= 0.6 is 11.6 Å². The van der Waals surface area contributed by atoms with Crippen molar-refractivity contribution in [2.45, 2.75) is 49.4 Å². The summed E-state index contributed by atoms with van der Waals surface area (Å²) < 4.78 is 52.0. The molecule has 47 heavy (non-hydrogen) atoms. The van der Waals surface area contributed by atoms with Crippen LogP contribution in [0, 0.1) is 11.6 Å². The van der Waals surface area contributed by atoms with Crippen LogP contribution in [0.3, 0.4) is 0 Å². The zero-order valence-corrected chi connectivity index (χ0v) is 25.7. The number of carbonyl (C=O) groups excluding carboxylic acids is 2. The molecule has 4 fully saturated rings. The summed E-state index contributed by atoms with van der Waals surface area (Å²) in [6, 6.07) is 4.46. The molecule has 0 radical (unpaired) electrons. The Morgan fingerprint density at radius 2 is 1.96 bits per heavy atom. The van der Waals surface area contributed by atoms with Gasteiger partial charge in [-0.1, -0.05) is 17.7 Å². The lowest BCUT2D eigenvalue weighted by Crippen LogP contribution is -2.58. The van der Waals surface area contributed by atoms with E-state index >= 15 is 4.39 Å². The second-order valence-electron chi connectivity index (χ2n) is 12.8. The van der Waals surface area contributed by atoms with Crippen LogP contribution in [-0.4, -0.2) is 86.9 Å². The summed E-state index contributed by atoms with van der Waals surface area (Å²) in [6.45, 7) is 1.63. The maximum Gasteiger partial charge on any atom is 0.322 e. The lowest BCUT2D eigenvalue weighted by molar-refractivity contribution is -0.124. The number of carbonyl (C=O) groups is 2. The molecule has 4 aliphatic heterocycles. The highest BCUT2D eigenvalue weighted by Crippen LogP contribution is 2.43. The van der Waals surface area contributed by atoms with Crippen molar-refractivity contribution in [2.75, 3.05) is 37.7 Å². The minimum Gasteiger partial charge on any atom is -0.508 e. The molecule has 3 atom stereocenters. The highest BCUT2D eigenvalue weighted by atomic mass is 35.5. The molecule has 11 nitrogen and oxygen atoms in total. The first-order chi connectivity index (χ1) is 22.6. The summed E-state index contributed by atoms with van der Waals surface area (Å²) in [4.78, 5) is 42.3. The summed E-state index contributed by atoms with van der Waals surface area (Å²) in [5.41, 5.74) is -2.09. The van der Waals surface area contributed by atoms with Gasteiger partial charge in [-0.05, 0) is 55.8 Å². The number of aromatic nitrogens is 3. The van der Waals surface area contributed by atoms with Gasteiger partial charge in [0.15, 0.2) is 5.82 Å². The molecule has 15 heteroatoms. The number of pyridine rings is 1. The summed E-state index contributed by atoms with van der Waals surface area (Å²) in [7, 11) is 0. The number of piperidine rings is 1. The van der Waals surface area contributed by atoms with E-state index in [0.717, 1.165) is 25.5 Å². The predicted octanol–water partition coefficient (Wildman–Crippen LogP) is 4.62. The van der Waals surface area contributed by atoms with Crippen molar-refractivity contribution in [2.24, 2.45) is 0 Å². The molecule has 3 N–H and O–H groups in total. The zero-order chi connectivity index (χ0) is 32.7. The molecule has 2 aromatic heterocycles. The van der Waals surface area contributed by atoms with Crippen LogP contribution in [0.15, 0.2) is 30.5 Å². The van der Waals surface area contributed by atoms with Gasteiger partial charge in [-0.15, -0.1) is 0 Å². The highest BCUT2D eigenvalue weighted by Gasteiger charge is 2.50. The number of nitrogens with zero attached hydrogens (tertiary/aromatic N) is 5. The second-order valence-corrected chi connectivity index (χ2v) is 13.2. The van der Waals surface area contributed by atoms with Gasteiger partial charge in [0.1, 0.15) is 46.9 Å². The van der Waals surface area contributed by atoms with E-state index < -0.39 is 40.8 Å². The molecule has 8 rings (SSSR count). The number of benzene rings is 2. The molecule has 4 aromatic rings. The monoisotopic (exact) mass is 667 g/mol. The maximum atomic E-state index is 16.8. The molecular weight excluding hydrogens is 639 g/mol. The largest absolute Gasteiger partial charge is 0.508 e. The number of urea groups is 1. The van der Waals surface area contributed by atoms with E-state index in [0.29, 0.717) is 37.7 Å². The third-order valence-electron chi connectivity index (χ3n) is 9.93. The molecule has 0 aliphatic carbocycles. The number of halogens is 4. The van der Waals surface area contributed by atoms with Crippen molar-refractivity contribution < 1.29 is 32.6 Å². The van der Waals surface area contributed by atoms with Crippen molar-refractivity contribution in [1.82, 2.24) is 30.5 Å². The Morgan fingerprint density at radius 1 is 1.13 bits per heavy atom. The van der Waals surface area contributed by atoms with Crippen LogP contribution in [0.4, 0.5) is 23.8 Å². The van der Waals surface area contributed by atoms with E-state index in [2.05, 4.69) is 30.5 Å². The van der Waals surface area contributed by atoms with Crippen LogP contribution in [0.2, 0.25) is 5.02 Å². The number of fused-ring (bicyclic) bond motifs is 3. The number of rotatable bonds is 5. The Kier molecular flexibility index (Phi) is 6.88. The molecule has 0 unspecified atom stereocenters. The number of hydrogen-bond donors (Lipinski definition) is 3. The zero-order valence-electron chi connectivity index (χ0n) is 25.0. The lowest BCUT2D eigenvalue weighted by atomic mass is 9.89. The summed E-state index contributed by atoms with van der Waals surface area (Å²) in [5.74, 6) is -2.06. The number of ether oxygens (including phenoxy) is 1. The van der Waals surface area contributed by atoms with Crippen LogP contribution in [0.25, 0.3) is 32.9 Å². The fraction of sp³-hybridized carbons (Fsp3) is 0.406. The van der Waals surface area contributed by atoms with E-state index in [9.17, 15) is 23.5 Å². The summed E-state index contributed by atoms with van der Waals surface area (Å²) >= 11 is 6.34. The smallest absolute Gasteiger partial charge is 0.322 e. The predicted molar refractivity (Wildman–Crippen MR) is 166 cm³/mol. The first-order valence-electron chi connectivity index (χ1n) is 15.4. The third-order valence-corrected chi connectivity index (χ3v) is 10.3. The van der Waals surface area contributed by atoms with E-state index in [-0.39, 0.29) is 63.3 Å². The maximum absolute atomic E-state index is 16.8. The molecule has 244 valence electrons. The Bertz CT molecular complexity index is 2000. The van der Waals surface area contributed by atoms with Crippen LogP contribution in [-0.2, 0) is 4.79 Å². The number of alkyl halides is 1. The van der Waals surface area contributed by atoms with E-state index in [1.807, 2.05) is 0 Å². The quantitative estimate of drug-likeness (QED) is 0.261. The Hall–Kier alpha value is -4.43. The number of amides is 3. The minimum atomic E-state index is -1.20. The van der Waals surface area contributed by atoms with Gasteiger partial charge in [0.05, 0.1) is 22.5 Å². The number of aromatic hydroxyl groups is 1. The van der Waals surface area contributed by atoms with Gasteiger partial charge in [0.25, 0.3) is 5.91 Å². The molecule has 3 amide bonds. The molecular formula is C32H29ClF3N7O4. The molecule has 4 aliphatic rings. The van der Waals surface area contributed by atoms with Crippen molar-refractivity contribution in [3.05, 3.63) is 47.1 Å². The van der Waals surface area contributed by atoms with Gasteiger partial charge < -0.3 is 20.1 Å². The van der Waals surface area contributed by atoms with Gasteiger partial charge in [-0.2, -0.15) is 9.97 Å². The molecule has 0 bridgehead atoms. The first kappa shape index (κ1) is 29.9. The van der Waals surface area contributed by atoms with E-state index in [1.54, 1.807) is 4.90 Å². The van der Waals surface area contributed by atoms with E-state index in [4.69, 9.17) is 16.3 Å². The van der Waals surface area contributed by atoms with Gasteiger partial charge in [-0.3, -0.25) is 20.0 Å². The summed E-state index contributed by atoms with van der Waals surface area (Å²) in [5, 5.41) is 16.0. The normalized spacial score (nSPS) is 26.0. The molecule has 6 heterocycles. The number of imide groups is 1. The number of phenolic OH excluding ortho intramolecular Hbond substituents is 1. The topological polar surface area (TPSA) is 133 Å². The van der Waals surface area contributed by atoms with Gasteiger partial charge in [0.2, 0.25) is 0 Å². The molecule has 0 saturated carbocycles. The van der Waals surface area contributed by atoms with Crippen molar-refractivity contribution in [3.63, 3.8) is 0 Å². The summed E-state index contributed by atoms with van der Waals surface area (Å²) in [6.07, 6.45) is 3.24. The Balaban J connectivity index is 1.27. The minimum absolute atomic E-state index is 0.0484. The van der Waals surface area contributed by atoms with Crippen molar-refractivity contribution in [1.29, 1.82) is 0 Å². The molecule has 2 aromatic carbocycles. The first-order valence-corrected chi connectivity index (χ1v) is 15.8. The Morgan fingerprint density at radius 3 is 2.77 bits per heavy atom. The lowest BCUT2D eigenvalue weighted by Gasteiger charge is -2.39. The van der Waals surface area contributed by atoms with Gasteiger partial charge >= 0.3 is 12.0 Å². The number of phenols is 1. The van der Waals surface area contributed by atoms with Crippen LogP contribution < -0.4 is 20.3 Å². The molecule has 1 spiro atoms. The van der Waals surface area contributed by atoms with Crippen molar-refractivity contribution in [3.8, 4) is 23.0 Å². The highest BCUT2D eigenvalue weighted by molar-refractivity contribution is 6.37. The van der Waals surface area contributed by atoms with Crippen LogP contribution in [0.1, 0.15) is 32.1 Å². The SMILES string of the molecule is O=C1NC(=O)[C@]2(CCCN(c3nc(OC[C@@]45CCCN4C[C@H](F)C5)nc4c(F)c(-c5cc(O)cc6ccc(F)c(Cl)c56)ncc34)C2)N1. The average molecular weight is 668 g/mol. The van der Waals surface area contributed by atoms with Gasteiger partial charge in [-0.25, -0.2) is 18.0 Å². The standard InChI is InChI=1S/C32H29ClF3N7O4/c33-23-21(35)4-3-16-9-18(44)10-19(22(16)23)25-24(36)26-20(12-37-25)27(42-7-2-6-32(14-42)28(45)40-29(46)41-32)39-30(38-26)47-15-31-5-1-8-43(31)13-17(34)11-31/h3-4,9-10,12,17,44H,1-2,5-8,11,13-15H2,(H2,40,41,45,46)/t17-,31+,32-/m1/s1. The average Bonchev–Trinajstić information content (AvgIpc) is 3.66. The van der Waals surface area contributed by atoms with Crippen molar-refractivity contribution >= 4 is 51.0 Å². The second kappa shape index (κ2) is 10.8. The Labute approximate surface area is 271 Å². The fourth-order valence-corrected chi connectivity index (χ4v) is 8.06. The fourth-order valence-electron chi connectivity index (χ4n) is 7.78. The third kappa shape index (κ3) is 4.79. The van der Waals surface area contributed by atoms with E-state index in [1.165, 1.54) is 24.4 Å².